The van der Waals surface area contributed by atoms with Gasteiger partial charge in [-0.1, -0.05) is 29.1 Å². The van der Waals surface area contributed by atoms with Crippen LogP contribution in [0.5, 0.6) is 0 Å². The number of fused-ring (bicyclic) bond motifs is 1. The van der Waals surface area contributed by atoms with Crippen molar-refractivity contribution >= 4 is 28.5 Å². The molecule has 0 bridgehead atoms. The number of hydrogen-bond acceptors (Lipinski definition) is 7. The minimum absolute atomic E-state index is 0.0245. The van der Waals surface area contributed by atoms with Gasteiger partial charge in [0, 0.05) is 24.2 Å². The van der Waals surface area contributed by atoms with Crippen LogP contribution in [0.4, 0.5) is 5.69 Å². The van der Waals surface area contributed by atoms with Crippen molar-refractivity contribution in [2.75, 3.05) is 0 Å². The average molecular weight is 381 g/mol. The van der Waals surface area contributed by atoms with Crippen LogP contribution in [-0.4, -0.2) is 24.6 Å². The lowest BCUT2D eigenvalue weighted by atomic mass is 10.2. The second-order valence-corrected chi connectivity index (χ2v) is 6.67. The Balaban J connectivity index is 1.51. The van der Waals surface area contributed by atoms with Crippen LogP contribution >= 0.6 is 11.8 Å². The SMILES string of the molecule is CCn1c(SCc2nc(-c3ccc([N+](=O)[O-])cc3)no2)nc2ccccc21. The molecule has 0 radical (unpaired) electrons. The maximum absolute atomic E-state index is 10.7. The Hall–Kier alpha value is -3.20. The first-order valence-electron chi connectivity index (χ1n) is 8.31. The van der Waals surface area contributed by atoms with E-state index in [0.717, 1.165) is 22.7 Å². The number of nitro benzene ring substituents is 1. The van der Waals surface area contributed by atoms with E-state index in [1.54, 1.807) is 12.1 Å². The molecule has 0 amide bonds. The Kier molecular flexibility index (Phi) is 4.59. The predicted octanol–water partition coefficient (Wildman–Crippen LogP) is 4.31. The molecule has 0 spiro atoms. The number of para-hydroxylation sites is 2. The third-order valence-corrected chi connectivity index (χ3v) is 5.03. The number of aromatic nitrogens is 4. The van der Waals surface area contributed by atoms with Gasteiger partial charge in [-0.25, -0.2) is 4.98 Å². The summed E-state index contributed by atoms with van der Waals surface area (Å²) in [5.41, 5.74) is 2.75. The first kappa shape index (κ1) is 17.2. The van der Waals surface area contributed by atoms with Gasteiger partial charge in [0.05, 0.1) is 21.7 Å². The molecule has 0 saturated heterocycles. The molecule has 0 unspecified atom stereocenters. The van der Waals surface area contributed by atoms with Gasteiger partial charge in [-0.15, -0.1) is 0 Å². The zero-order chi connectivity index (χ0) is 18.8. The summed E-state index contributed by atoms with van der Waals surface area (Å²) in [5.74, 6) is 1.37. The summed E-state index contributed by atoms with van der Waals surface area (Å²) >= 11 is 1.53. The lowest BCUT2D eigenvalue weighted by Gasteiger charge is -2.03. The number of thioether (sulfide) groups is 1. The van der Waals surface area contributed by atoms with Crippen LogP contribution in [0.1, 0.15) is 12.8 Å². The molecule has 0 aliphatic heterocycles. The Morgan fingerprint density at radius 3 is 2.67 bits per heavy atom. The van der Waals surface area contributed by atoms with Crippen molar-refractivity contribution in [2.24, 2.45) is 0 Å². The van der Waals surface area contributed by atoms with Crippen LogP contribution in [0.3, 0.4) is 0 Å². The molecule has 9 heteroatoms. The maximum Gasteiger partial charge on any atom is 0.269 e. The van der Waals surface area contributed by atoms with Crippen molar-refractivity contribution in [3.63, 3.8) is 0 Å². The van der Waals surface area contributed by atoms with Crippen LogP contribution in [0.2, 0.25) is 0 Å². The molecule has 0 aliphatic rings. The molecule has 0 N–H and O–H groups in total. The van der Waals surface area contributed by atoms with Crippen molar-refractivity contribution < 1.29 is 9.45 Å². The van der Waals surface area contributed by atoms with E-state index in [-0.39, 0.29) is 5.69 Å². The highest BCUT2D eigenvalue weighted by Crippen LogP contribution is 2.27. The fourth-order valence-corrected chi connectivity index (χ4v) is 3.67. The van der Waals surface area contributed by atoms with Crippen LogP contribution < -0.4 is 0 Å². The number of nitrogens with zero attached hydrogens (tertiary/aromatic N) is 5. The molecule has 0 atom stereocenters. The molecule has 2 aromatic heterocycles. The third-order valence-electron chi connectivity index (χ3n) is 4.06. The summed E-state index contributed by atoms with van der Waals surface area (Å²) in [6.07, 6.45) is 0. The fourth-order valence-electron chi connectivity index (χ4n) is 2.76. The summed E-state index contributed by atoms with van der Waals surface area (Å²) in [6.45, 7) is 2.90. The largest absolute Gasteiger partial charge is 0.338 e. The lowest BCUT2D eigenvalue weighted by molar-refractivity contribution is -0.384. The van der Waals surface area contributed by atoms with E-state index in [2.05, 4.69) is 32.7 Å². The van der Waals surface area contributed by atoms with Gasteiger partial charge in [0.1, 0.15) is 0 Å². The minimum Gasteiger partial charge on any atom is -0.338 e. The average Bonchev–Trinajstić information content (AvgIpc) is 3.30. The smallest absolute Gasteiger partial charge is 0.269 e. The summed E-state index contributed by atoms with van der Waals surface area (Å²) in [5, 5.41) is 15.6. The van der Waals surface area contributed by atoms with E-state index < -0.39 is 4.92 Å². The summed E-state index contributed by atoms with van der Waals surface area (Å²) < 4.78 is 7.46. The molecule has 2 aromatic carbocycles. The standard InChI is InChI=1S/C18H15N5O3S/c1-2-22-15-6-4-3-5-14(15)19-18(22)27-11-16-20-17(21-26-16)12-7-9-13(10-8-12)23(24)25/h3-10H,2,11H2,1H3. The number of nitro groups is 1. The predicted molar refractivity (Wildman–Crippen MR) is 101 cm³/mol. The quantitative estimate of drug-likeness (QED) is 0.279. The van der Waals surface area contributed by atoms with Gasteiger partial charge in [0.15, 0.2) is 5.16 Å². The topological polar surface area (TPSA) is 99.9 Å². The van der Waals surface area contributed by atoms with E-state index in [0.29, 0.717) is 23.0 Å². The van der Waals surface area contributed by atoms with Crippen LogP contribution in [0.25, 0.3) is 22.4 Å². The second-order valence-electron chi connectivity index (χ2n) is 5.73. The highest BCUT2D eigenvalue weighted by Gasteiger charge is 2.14. The molecule has 4 rings (SSSR count). The highest BCUT2D eigenvalue weighted by molar-refractivity contribution is 7.98. The monoisotopic (exact) mass is 381 g/mol. The van der Waals surface area contributed by atoms with Crippen molar-refractivity contribution in [2.45, 2.75) is 24.4 Å². The molecule has 136 valence electrons. The number of benzene rings is 2. The minimum atomic E-state index is -0.443. The summed E-state index contributed by atoms with van der Waals surface area (Å²) in [4.78, 5) is 19.3. The third kappa shape index (κ3) is 3.41. The molecule has 4 aromatic rings. The molecule has 8 nitrogen and oxygen atoms in total. The maximum atomic E-state index is 10.7. The molecular weight excluding hydrogens is 366 g/mol. The number of imidazole rings is 1. The number of non-ortho nitro benzene ring substituents is 1. The van der Waals surface area contributed by atoms with Crippen molar-refractivity contribution in [3.8, 4) is 11.4 Å². The number of rotatable bonds is 6. The Morgan fingerprint density at radius 2 is 1.93 bits per heavy atom. The second kappa shape index (κ2) is 7.20. The molecule has 0 aliphatic carbocycles. The van der Waals surface area contributed by atoms with Crippen LogP contribution in [0, 0.1) is 10.1 Å². The normalized spacial score (nSPS) is 11.1. The number of aryl methyl sites for hydroxylation is 1. The van der Waals surface area contributed by atoms with E-state index in [9.17, 15) is 10.1 Å². The molecule has 2 heterocycles. The van der Waals surface area contributed by atoms with Gasteiger partial charge >= 0.3 is 0 Å². The van der Waals surface area contributed by atoms with Gasteiger partial charge in [-0.2, -0.15) is 4.98 Å². The Labute approximate surface area is 158 Å². The van der Waals surface area contributed by atoms with E-state index in [4.69, 9.17) is 4.52 Å². The first-order valence-corrected chi connectivity index (χ1v) is 9.29. The lowest BCUT2D eigenvalue weighted by Crippen LogP contribution is -1.96. The zero-order valence-electron chi connectivity index (χ0n) is 14.4. The van der Waals surface area contributed by atoms with E-state index in [1.807, 2.05) is 18.2 Å². The summed E-state index contributed by atoms with van der Waals surface area (Å²) in [7, 11) is 0. The number of hydrogen-bond donors (Lipinski definition) is 0. The Bertz CT molecular complexity index is 1100. The first-order chi connectivity index (χ1) is 13.2. The van der Waals surface area contributed by atoms with Gasteiger partial charge < -0.3 is 9.09 Å². The van der Waals surface area contributed by atoms with Gasteiger partial charge in [0.25, 0.3) is 5.69 Å². The molecule has 0 fully saturated rings. The van der Waals surface area contributed by atoms with Crippen molar-refractivity contribution in [1.29, 1.82) is 0 Å². The fraction of sp³-hybridized carbons (Fsp3) is 0.167. The van der Waals surface area contributed by atoms with Gasteiger partial charge in [0.2, 0.25) is 11.7 Å². The van der Waals surface area contributed by atoms with Crippen molar-refractivity contribution in [3.05, 3.63) is 64.5 Å². The van der Waals surface area contributed by atoms with E-state index >= 15 is 0 Å². The molecular formula is C18H15N5O3S. The van der Waals surface area contributed by atoms with Crippen LogP contribution in [0.15, 0.2) is 58.2 Å². The molecule has 27 heavy (non-hydrogen) atoms. The van der Waals surface area contributed by atoms with Gasteiger partial charge in [-0.3, -0.25) is 10.1 Å². The highest BCUT2D eigenvalue weighted by atomic mass is 32.2. The zero-order valence-corrected chi connectivity index (χ0v) is 15.2. The van der Waals surface area contributed by atoms with Crippen molar-refractivity contribution in [1.82, 2.24) is 19.7 Å². The Morgan fingerprint density at radius 1 is 1.15 bits per heavy atom. The van der Waals surface area contributed by atoms with Crippen LogP contribution in [-0.2, 0) is 12.3 Å². The molecule has 0 saturated carbocycles. The summed E-state index contributed by atoms with van der Waals surface area (Å²) in [6, 6.07) is 14.1. The van der Waals surface area contributed by atoms with E-state index in [1.165, 1.54) is 23.9 Å². The van der Waals surface area contributed by atoms with Gasteiger partial charge in [-0.05, 0) is 31.2 Å².